The molecule has 1 N–H and O–H groups in total. The van der Waals surface area contributed by atoms with Crippen molar-refractivity contribution in [1.82, 2.24) is 10.2 Å². The zero-order chi connectivity index (χ0) is 14.5. The highest BCUT2D eigenvalue weighted by molar-refractivity contribution is 7.09. The SMILES string of the molecule is CC(C)C(CNC(C)(C)C)N(C)CCc1cccs1. The number of hydrogen-bond acceptors (Lipinski definition) is 3. The van der Waals surface area contributed by atoms with E-state index in [1.54, 1.807) is 0 Å². The summed E-state index contributed by atoms with van der Waals surface area (Å²) in [6.45, 7) is 13.5. The molecule has 1 aromatic heterocycles. The van der Waals surface area contributed by atoms with Gasteiger partial charge in [0.05, 0.1) is 0 Å². The van der Waals surface area contributed by atoms with Crippen LogP contribution in [0.4, 0.5) is 0 Å². The Morgan fingerprint density at radius 2 is 2.00 bits per heavy atom. The average Bonchev–Trinajstić information content (AvgIpc) is 2.77. The summed E-state index contributed by atoms with van der Waals surface area (Å²) in [5.74, 6) is 0.670. The molecule has 1 rings (SSSR count). The summed E-state index contributed by atoms with van der Waals surface area (Å²) < 4.78 is 0. The molecule has 0 saturated heterocycles. The van der Waals surface area contributed by atoms with E-state index in [2.05, 4.69) is 69.4 Å². The number of nitrogens with one attached hydrogen (secondary N) is 1. The normalized spacial score (nSPS) is 14.3. The van der Waals surface area contributed by atoms with Crippen LogP contribution in [-0.4, -0.2) is 36.6 Å². The lowest BCUT2D eigenvalue weighted by atomic mass is 10.0. The summed E-state index contributed by atoms with van der Waals surface area (Å²) in [6.07, 6.45) is 1.16. The first-order valence-corrected chi connectivity index (χ1v) is 8.15. The fourth-order valence-corrected chi connectivity index (χ4v) is 2.92. The van der Waals surface area contributed by atoms with Crippen molar-refractivity contribution in [2.24, 2.45) is 5.92 Å². The summed E-state index contributed by atoms with van der Waals surface area (Å²) in [6, 6.07) is 4.97. The maximum Gasteiger partial charge on any atom is 0.0240 e. The predicted molar refractivity (Wildman–Crippen MR) is 87.0 cm³/mol. The molecular formula is C16H30N2S. The van der Waals surface area contributed by atoms with Crippen LogP contribution in [0.15, 0.2) is 17.5 Å². The first-order valence-electron chi connectivity index (χ1n) is 7.27. The maximum atomic E-state index is 3.64. The second kappa shape index (κ2) is 7.41. The fraction of sp³-hybridized carbons (Fsp3) is 0.750. The zero-order valence-corrected chi connectivity index (χ0v) is 14.2. The molecule has 0 aliphatic heterocycles. The van der Waals surface area contributed by atoms with E-state index in [4.69, 9.17) is 0 Å². The molecule has 0 spiro atoms. The molecule has 110 valence electrons. The Hall–Kier alpha value is -0.380. The van der Waals surface area contributed by atoms with Gasteiger partial charge in [-0.2, -0.15) is 0 Å². The molecule has 1 atom stereocenters. The number of rotatable bonds is 7. The van der Waals surface area contributed by atoms with Gasteiger partial charge in [0.25, 0.3) is 0 Å². The van der Waals surface area contributed by atoms with Gasteiger partial charge in [-0.1, -0.05) is 19.9 Å². The maximum absolute atomic E-state index is 3.64. The minimum atomic E-state index is 0.196. The lowest BCUT2D eigenvalue weighted by Crippen LogP contribution is -2.49. The van der Waals surface area contributed by atoms with E-state index in [0.29, 0.717) is 12.0 Å². The van der Waals surface area contributed by atoms with Crippen LogP contribution in [0.25, 0.3) is 0 Å². The molecule has 0 fully saturated rings. The van der Waals surface area contributed by atoms with Crippen molar-refractivity contribution in [3.63, 3.8) is 0 Å². The number of nitrogens with zero attached hydrogens (tertiary/aromatic N) is 1. The highest BCUT2D eigenvalue weighted by Gasteiger charge is 2.20. The number of thiophene rings is 1. The lowest BCUT2D eigenvalue weighted by Gasteiger charge is -2.34. The predicted octanol–water partition coefficient (Wildman–Crippen LogP) is 3.64. The van der Waals surface area contributed by atoms with Crippen molar-refractivity contribution in [2.75, 3.05) is 20.1 Å². The summed E-state index contributed by atoms with van der Waals surface area (Å²) in [5.41, 5.74) is 0.196. The Kier molecular flexibility index (Phi) is 6.51. The third-order valence-electron chi connectivity index (χ3n) is 3.47. The van der Waals surface area contributed by atoms with Crippen molar-refractivity contribution in [3.05, 3.63) is 22.4 Å². The lowest BCUT2D eigenvalue weighted by molar-refractivity contribution is 0.178. The number of hydrogen-bond donors (Lipinski definition) is 1. The van der Waals surface area contributed by atoms with Gasteiger partial charge in [0.1, 0.15) is 0 Å². The first-order chi connectivity index (χ1) is 8.79. The van der Waals surface area contributed by atoms with E-state index >= 15 is 0 Å². The molecule has 0 amide bonds. The van der Waals surface area contributed by atoms with Crippen LogP contribution in [-0.2, 0) is 6.42 Å². The van der Waals surface area contributed by atoms with Crippen LogP contribution < -0.4 is 5.32 Å². The van der Waals surface area contributed by atoms with Crippen LogP contribution in [0.5, 0.6) is 0 Å². The van der Waals surface area contributed by atoms with Gasteiger partial charge in [0, 0.05) is 29.5 Å². The average molecular weight is 282 g/mol. The van der Waals surface area contributed by atoms with E-state index in [9.17, 15) is 0 Å². The molecule has 0 saturated carbocycles. The first kappa shape index (κ1) is 16.7. The summed E-state index contributed by atoms with van der Waals surface area (Å²) in [7, 11) is 2.25. The molecule has 19 heavy (non-hydrogen) atoms. The van der Waals surface area contributed by atoms with Gasteiger partial charge >= 0.3 is 0 Å². The molecule has 0 aliphatic rings. The zero-order valence-electron chi connectivity index (χ0n) is 13.4. The van der Waals surface area contributed by atoms with Crippen molar-refractivity contribution < 1.29 is 0 Å². The van der Waals surface area contributed by atoms with Gasteiger partial charge in [-0.05, 0) is 51.6 Å². The molecule has 0 aromatic carbocycles. The number of likely N-dealkylation sites (N-methyl/N-ethyl adjacent to an activating group) is 1. The Morgan fingerprint density at radius 1 is 1.32 bits per heavy atom. The Balaban J connectivity index is 2.45. The quantitative estimate of drug-likeness (QED) is 0.821. The summed E-state index contributed by atoms with van der Waals surface area (Å²) in [5, 5.41) is 5.80. The Morgan fingerprint density at radius 3 is 2.47 bits per heavy atom. The van der Waals surface area contributed by atoms with Gasteiger partial charge < -0.3 is 10.2 Å². The van der Waals surface area contributed by atoms with Crippen LogP contribution in [0.1, 0.15) is 39.5 Å². The molecule has 1 unspecified atom stereocenters. The molecular weight excluding hydrogens is 252 g/mol. The second-order valence-corrected chi connectivity index (χ2v) is 7.78. The standard InChI is InChI=1S/C16H30N2S/c1-13(2)15(12-17-16(3,4)5)18(6)10-9-14-8-7-11-19-14/h7-8,11,13,15,17H,9-10,12H2,1-6H3. The van der Waals surface area contributed by atoms with E-state index in [1.165, 1.54) is 4.88 Å². The topological polar surface area (TPSA) is 15.3 Å². The van der Waals surface area contributed by atoms with E-state index < -0.39 is 0 Å². The highest BCUT2D eigenvalue weighted by Crippen LogP contribution is 2.14. The Bertz CT molecular complexity index is 338. The highest BCUT2D eigenvalue weighted by atomic mass is 32.1. The van der Waals surface area contributed by atoms with E-state index in [0.717, 1.165) is 19.5 Å². The van der Waals surface area contributed by atoms with Gasteiger partial charge in [0.2, 0.25) is 0 Å². The van der Waals surface area contributed by atoms with Crippen LogP contribution in [0.3, 0.4) is 0 Å². The van der Waals surface area contributed by atoms with E-state index in [1.807, 2.05) is 11.3 Å². The minimum Gasteiger partial charge on any atom is -0.311 e. The summed E-state index contributed by atoms with van der Waals surface area (Å²) >= 11 is 1.86. The third kappa shape index (κ3) is 6.55. The smallest absolute Gasteiger partial charge is 0.0240 e. The molecule has 0 radical (unpaired) electrons. The van der Waals surface area contributed by atoms with Crippen LogP contribution >= 0.6 is 11.3 Å². The van der Waals surface area contributed by atoms with Crippen molar-refractivity contribution in [1.29, 1.82) is 0 Å². The van der Waals surface area contributed by atoms with E-state index in [-0.39, 0.29) is 5.54 Å². The van der Waals surface area contributed by atoms with Gasteiger partial charge in [-0.15, -0.1) is 11.3 Å². The Labute approximate surface area is 123 Å². The summed E-state index contributed by atoms with van der Waals surface area (Å²) in [4.78, 5) is 3.99. The molecule has 3 heteroatoms. The molecule has 1 heterocycles. The molecule has 2 nitrogen and oxygen atoms in total. The minimum absolute atomic E-state index is 0.196. The van der Waals surface area contributed by atoms with Crippen molar-refractivity contribution in [2.45, 2.75) is 52.6 Å². The third-order valence-corrected chi connectivity index (χ3v) is 4.40. The monoisotopic (exact) mass is 282 g/mol. The molecule has 0 bridgehead atoms. The van der Waals surface area contributed by atoms with Gasteiger partial charge in [-0.25, -0.2) is 0 Å². The van der Waals surface area contributed by atoms with Crippen molar-refractivity contribution in [3.8, 4) is 0 Å². The van der Waals surface area contributed by atoms with Crippen LogP contribution in [0.2, 0.25) is 0 Å². The van der Waals surface area contributed by atoms with Crippen LogP contribution in [0, 0.1) is 5.92 Å². The van der Waals surface area contributed by atoms with Gasteiger partial charge in [-0.3, -0.25) is 0 Å². The largest absolute Gasteiger partial charge is 0.311 e. The second-order valence-electron chi connectivity index (χ2n) is 6.75. The fourth-order valence-electron chi connectivity index (χ4n) is 2.22. The molecule has 0 aliphatic carbocycles. The van der Waals surface area contributed by atoms with Crippen molar-refractivity contribution >= 4 is 11.3 Å². The van der Waals surface area contributed by atoms with Gasteiger partial charge in [0.15, 0.2) is 0 Å². The molecule has 1 aromatic rings.